The largest absolute Gasteiger partial charge is 0.481 e. The third kappa shape index (κ3) is 2.45. The Morgan fingerprint density at radius 2 is 2.35 bits per heavy atom. The Balaban J connectivity index is 1.84. The van der Waals surface area contributed by atoms with Crippen LogP contribution in [0.1, 0.15) is 28.5 Å². The number of nitrogens with one attached hydrogen (secondary N) is 1. The highest BCUT2D eigenvalue weighted by Gasteiger charge is 2.32. The molecule has 104 valence electrons. The monoisotopic (exact) mass is 352 g/mol. The lowest BCUT2D eigenvalue weighted by atomic mass is 10.1. The van der Waals surface area contributed by atoms with Crippen molar-refractivity contribution in [3.05, 3.63) is 38.8 Å². The molecule has 4 nitrogen and oxygen atoms in total. The quantitative estimate of drug-likeness (QED) is 0.873. The fourth-order valence-electron chi connectivity index (χ4n) is 2.37. The van der Waals surface area contributed by atoms with E-state index in [1.165, 1.54) is 0 Å². The number of carboxylic acids is 1. The van der Waals surface area contributed by atoms with Crippen molar-refractivity contribution in [2.24, 2.45) is 0 Å². The number of aromatic nitrogens is 1. The van der Waals surface area contributed by atoms with Gasteiger partial charge in [0.05, 0.1) is 5.69 Å². The van der Waals surface area contributed by atoms with Crippen LogP contribution in [0.5, 0.6) is 0 Å². The number of hydrogen-bond acceptors (Lipinski definition) is 4. The molecule has 6 heteroatoms. The van der Waals surface area contributed by atoms with Gasteiger partial charge in [0.25, 0.3) is 0 Å². The van der Waals surface area contributed by atoms with Crippen molar-refractivity contribution in [1.82, 2.24) is 4.98 Å². The first-order chi connectivity index (χ1) is 9.54. The third-order valence-corrected chi connectivity index (χ3v) is 5.36. The van der Waals surface area contributed by atoms with Crippen LogP contribution < -0.4 is 5.32 Å². The minimum absolute atomic E-state index is 0.441. The SMILES string of the molecule is Cc1cc(Nc2nc3c(s2)CCC3C(=O)O)ccc1Br. The second-order valence-corrected chi connectivity index (χ2v) is 6.78. The molecule has 0 saturated heterocycles. The molecule has 0 fully saturated rings. The minimum Gasteiger partial charge on any atom is -0.481 e. The van der Waals surface area contributed by atoms with E-state index in [1.807, 2.05) is 25.1 Å². The fraction of sp³-hybridized carbons (Fsp3) is 0.286. The molecule has 1 unspecified atom stereocenters. The molecular formula is C14H13BrN2O2S. The van der Waals surface area contributed by atoms with Crippen molar-refractivity contribution >= 4 is 44.1 Å². The molecule has 1 atom stereocenters. The number of carbonyl (C=O) groups is 1. The summed E-state index contributed by atoms with van der Waals surface area (Å²) in [6.07, 6.45) is 1.48. The number of carboxylic acid groups (broad SMARTS) is 1. The molecule has 2 aromatic rings. The molecule has 0 amide bonds. The van der Waals surface area contributed by atoms with Crippen molar-refractivity contribution in [2.45, 2.75) is 25.7 Å². The van der Waals surface area contributed by atoms with Gasteiger partial charge >= 0.3 is 5.97 Å². The van der Waals surface area contributed by atoms with Gasteiger partial charge in [-0.1, -0.05) is 15.9 Å². The van der Waals surface area contributed by atoms with Crippen molar-refractivity contribution in [2.75, 3.05) is 5.32 Å². The first-order valence-electron chi connectivity index (χ1n) is 6.30. The van der Waals surface area contributed by atoms with Crippen LogP contribution >= 0.6 is 27.3 Å². The predicted octanol–water partition coefficient (Wildman–Crippen LogP) is 4.07. The summed E-state index contributed by atoms with van der Waals surface area (Å²) >= 11 is 5.02. The molecule has 0 radical (unpaired) electrons. The number of aryl methyl sites for hydroxylation is 2. The van der Waals surface area contributed by atoms with E-state index in [1.54, 1.807) is 11.3 Å². The Kier molecular flexibility index (Phi) is 3.52. The Morgan fingerprint density at radius 3 is 3.05 bits per heavy atom. The van der Waals surface area contributed by atoms with E-state index in [0.717, 1.165) is 37.8 Å². The van der Waals surface area contributed by atoms with Gasteiger partial charge in [-0.15, -0.1) is 11.3 Å². The van der Waals surface area contributed by atoms with E-state index in [-0.39, 0.29) is 0 Å². The second kappa shape index (κ2) is 5.18. The van der Waals surface area contributed by atoms with Crippen LogP contribution in [0.3, 0.4) is 0 Å². The molecule has 1 aliphatic rings. The highest BCUT2D eigenvalue weighted by molar-refractivity contribution is 9.10. The summed E-state index contributed by atoms with van der Waals surface area (Å²) in [5.74, 6) is -1.22. The van der Waals surface area contributed by atoms with Gasteiger partial charge in [0.15, 0.2) is 5.13 Å². The van der Waals surface area contributed by atoms with Gasteiger partial charge in [0.1, 0.15) is 5.92 Å². The molecule has 1 aromatic carbocycles. The second-order valence-electron chi connectivity index (χ2n) is 4.85. The van der Waals surface area contributed by atoms with Crippen LogP contribution in [0.15, 0.2) is 22.7 Å². The average Bonchev–Trinajstić information content (AvgIpc) is 2.93. The van der Waals surface area contributed by atoms with Gasteiger partial charge in [-0.05, 0) is 43.5 Å². The number of fused-ring (bicyclic) bond motifs is 1. The topological polar surface area (TPSA) is 62.2 Å². The molecular weight excluding hydrogens is 340 g/mol. The minimum atomic E-state index is -0.778. The van der Waals surface area contributed by atoms with Gasteiger partial charge in [-0.3, -0.25) is 4.79 Å². The molecule has 0 bridgehead atoms. The van der Waals surface area contributed by atoms with Crippen LogP contribution in [0.25, 0.3) is 0 Å². The maximum Gasteiger partial charge on any atom is 0.312 e. The maximum absolute atomic E-state index is 11.2. The zero-order valence-electron chi connectivity index (χ0n) is 10.8. The van der Waals surface area contributed by atoms with E-state index in [9.17, 15) is 4.79 Å². The summed E-state index contributed by atoms with van der Waals surface area (Å²) in [6, 6.07) is 5.99. The van der Waals surface area contributed by atoms with Crippen LogP contribution in [-0.4, -0.2) is 16.1 Å². The van der Waals surface area contributed by atoms with E-state index in [4.69, 9.17) is 5.11 Å². The zero-order valence-corrected chi connectivity index (χ0v) is 13.2. The van der Waals surface area contributed by atoms with E-state index in [0.29, 0.717) is 6.42 Å². The molecule has 0 spiro atoms. The first kappa shape index (κ1) is 13.6. The van der Waals surface area contributed by atoms with Crippen molar-refractivity contribution in [1.29, 1.82) is 0 Å². The molecule has 2 N–H and O–H groups in total. The van der Waals surface area contributed by atoms with E-state index in [2.05, 4.69) is 26.2 Å². The molecule has 1 heterocycles. The highest BCUT2D eigenvalue weighted by atomic mass is 79.9. The number of rotatable bonds is 3. The molecule has 3 rings (SSSR count). The number of thiazole rings is 1. The maximum atomic E-state index is 11.2. The predicted molar refractivity (Wildman–Crippen MR) is 83.0 cm³/mol. The summed E-state index contributed by atoms with van der Waals surface area (Å²) in [5, 5.41) is 13.2. The normalized spacial score (nSPS) is 17.0. The van der Waals surface area contributed by atoms with E-state index < -0.39 is 11.9 Å². The number of hydrogen-bond donors (Lipinski definition) is 2. The van der Waals surface area contributed by atoms with Gasteiger partial charge < -0.3 is 10.4 Å². The number of aliphatic carboxylic acids is 1. The Labute approximate surface area is 129 Å². The lowest BCUT2D eigenvalue weighted by molar-refractivity contribution is -0.138. The van der Waals surface area contributed by atoms with Crippen LogP contribution in [0, 0.1) is 6.92 Å². The standard InChI is InChI=1S/C14H13BrN2O2S/c1-7-6-8(2-4-10(7)15)16-14-17-12-9(13(18)19)3-5-11(12)20-14/h2,4,6,9H,3,5H2,1H3,(H,16,17)(H,18,19). The molecule has 20 heavy (non-hydrogen) atoms. The number of halogens is 1. The number of nitrogens with zero attached hydrogens (tertiary/aromatic N) is 1. The third-order valence-electron chi connectivity index (χ3n) is 3.43. The number of anilines is 2. The van der Waals surface area contributed by atoms with Crippen LogP contribution in [-0.2, 0) is 11.2 Å². The molecule has 0 aliphatic heterocycles. The number of benzene rings is 1. The summed E-state index contributed by atoms with van der Waals surface area (Å²) in [6.45, 7) is 2.03. The lowest BCUT2D eigenvalue weighted by Crippen LogP contribution is -2.08. The zero-order chi connectivity index (χ0) is 14.3. The van der Waals surface area contributed by atoms with Crippen molar-refractivity contribution < 1.29 is 9.90 Å². The smallest absolute Gasteiger partial charge is 0.312 e. The molecule has 1 aliphatic carbocycles. The Hall–Kier alpha value is -1.40. The van der Waals surface area contributed by atoms with Gasteiger partial charge in [-0.25, -0.2) is 4.98 Å². The Morgan fingerprint density at radius 1 is 1.55 bits per heavy atom. The van der Waals surface area contributed by atoms with Gasteiger partial charge in [0.2, 0.25) is 0 Å². The van der Waals surface area contributed by atoms with Crippen molar-refractivity contribution in [3.63, 3.8) is 0 Å². The summed E-state index contributed by atoms with van der Waals surface area (Å²) < 4.78 is 1.07. The Bertz CT molecular complexity index is 684. The lowest BCUT2D eigenvalue weighted by Gasteiger charge is -2.06. The summed E-state index contributed by atoms with van der Waals surface area (Å²) in [4.78, 5) is 16.7. The fourth-order valence-corrected chi connectivity index (χ4v) is 3.67. The average molecular weight is 353 g/mol. The molecule has 1 aromatic heterocycles. The molecule has 0 saturated carbocycles. The van der Waals surface area contributed by atoms with Gasteiger partial charge in [0, 0.05) is 15.0 Å². The highest BCUT2D eigenvalue weighted by Crippen LogP contribution is 2.39. The van der Waals surface area contributed by atoms with Crippen LogP contribution in [0.2, 0.25) is 0 Å². The first-order valence-corrected chi connectivity index (χ1v) is 7.91. The summed E-state index contributed by atoms with van der Waals surface area (Å²) in [7, 11) is 0. The van der Waals surface area contributed by atoms with Gasteiger partial charge in [-0.2, -0.15) is 0 Å². The summed E-state index contributed by atoms with van der Waals surface area (Å²) in [5.41, 5.74) is 2.84. The van der Waals surface area contributed by atoms with Crippen LogP contribution in [0.4, 0.5) is 10.8 Å². The van der Waals surface area contributed by atoms with E-state index >= 15 is 0 Å². The van der Waals surface area contributed by atoms with Crippen molar-refractivity contribution in [3.8, 4) is 0 Å².